The summed E-state index contributed by atoms with van der Waals surface area (Å²) in [6, 6.07) is 8.97. The van der Waals surface area contributed by atoms with Crippen molar-refractivity contribution < 1.29 is 24.2 Å². The molecule has 2 amide bonds. The average Bonchev–Trinajstić information content (AvgIpc) is 3.35. The van der Waals surface area contributed by atoms with Gasteiger partial charge in [0.25, 0.3) is 0 Å². The highest BCUT2D eigenvalue weighted by Crippen LogP contribution is 2.71. The summed E-state index contributed by atoms with van der Waals surface area (Å²) < 4.78 is 4.22. The summed E-state index contributed by atoms with van der Waals surface area (Å²) in [6.45, 7) is 8.40. The van der Waals surface area contributed by atoms with Gasteiger partial charge >= 0.3 is 5.97 Å². The van der Waals surface area contributed by atoms with E-state index in [0.717, 1.165) is 12.0 Å². The SMILES string of the molecule is C=CCN(Cc1ccccc1)C(=O)C1N(CCO)C(=O)[C@@H]2[C@H](C(=O)OCC)[C@]3(C)CCC12S3. The lowest BCUT2D eigenvalue weighted by Gasteiger charge is -2.37. The van der Waals surface area contributed by atoms with Crippen molar-refractivity contribution in [2.24, 2.45) is 11.8 Å². The van der Waals surface area contributed by atoms with E-state index in [0.29, 0.717) is 19.5 Å². The van der Waals surface area contributed by atoms with Crippen molar-refractivity contribution in [3.8, 4) is 0 Å². The number of likely N-dealkylation sites (tertiary alicyclic amines) is 1. The molecule has 0 saturated carbocycles. The van der Waals surface area contributed by atoms with Crippen LogP contribution in [0.1, 0.15) is 32.3 Å². The number of aliphatic hydroxyl groups is 1. The number of ether oxygens (including phenoxy) is 1. The van der Waals surface area contributed by atoms with Crippen LogP contribution in [0.4, 0.5) is 0 Å². The first kappa shape index (κ1) is 23.8. The van der Waals surface area contributed by atoms with Crippen molar-refractivity contribution in [3.63, 3.8) is 0 Å². The van der Waals surface area contributed by atoms with Crippen molar-refractivity contribution in [2.75, 3.05) is 26.3 Å². The molecule has 3 aliphatic heterocycles. The van der Waals surface area contributed by atoms with Crippen molar-refractivity contribution >= 4 is 29.5 Å². The normalized spacial score (nSPS) is 32.0. The van der Waals surface area contributed by atoms with E-state index in [1.807, 2.05) is 37.3 Å². The molecule has 3 heterocycles. The molecule has 1 N–H and O–H groups in total. The van der Waals surface area contributed by atoms with E-state index in [9.17, 15) is 19.5 Å². The maximum atomic E-state index is 14.1. The van der Waals surface area contributed by atoms with Crippen LogP contribution in [0.2, 0.25) is 0 Å². The van der Waals surface area contributed by atoms with Gasteiger partial charge in [0.05, 0.1) is 29.8 Å². The lowest BCUT2D eigenvalue weighted by Crippen LogP contribution is -2.55. The summed E-state index contributed by atoms with van der Waals surface area (Å²) in [5.41, 5.74) is 0.986. The fraction of sp³-hybridized carbons (Fsp3) is 0.560. The minimum absolute atomic E-state index is 0.0631. The number of benzene rings is 1. The molecule has 3 fully saturated rings. The molecule has 0 aliphatic carbocycles. The van der Waals surface area contributed by atoms with Gasteiger partial charge in [0.1, 0.15) is 6.04 Å². The number of β-amino-alcohol motifs (C(OH)–C–C–N with tert-alkyl or cyclic N) is 1. The van der Waals surface area contributed by atoms with Crippen LogP contribution in [0.5, 0.6) is 0 Å². The standard InChI is InChI=1S/C25H32N2O5S/c1-4-13-26(16-17-9-7-6-8-10-17)22(30)20-25-12-11-24(3,33-25)19(23(31)32-5-2)18(25)21(29)27(20)14-15-28/h4,6-10,18-20,28H,1,5,11-16H2,2-3H3/t18-,19+,20?,24-,25?/m0/s1. The molecular formula is C25H32N2O5S. The zero-order valence-corrected chi connectivity index (χ0v) is 20.1. The van der Waals surface area contributed by atoms with Gasteiger partial charge in [0.2, 0.25) is 11.8 Å². The van der Waals surface area contributed by atoms with E-state index >= 15 is 0 Å². The molecule has 2 bridgehead atoms. The minimum Gasteiger partial charge on any atom is -0.466 e. The highest BCUT2D eigenvalue weighted by Gasteiger charge is 2.77. The van der Waals surface area contributed by atoms with Gasteiger partial charge in [0.15, 0.2) is 0 Å². The number of nitrogens with zero attached hydrogens (tertiary/aromatic N) is 2. The maximum absolute atomic E-state index is 14.1. The zero-order chi connectivity index (χ0) is 23.8. The van der Waals surface area contributed by atoms with E-state index in [2.05, 4.69) is 6.58 Å². The van der Waals surface area contributed by atoms with Gasteiger partial charge in [-0.2, -0.15) is 0 Å². The van der Waals surface area contributed by atoms with Crippen LogP contribution in [0.15, 0.2) is 43.0 Å². The quantitative estimate of drug-likeness (QED) is 0.438. The summed E-state index contributed by atoms with van der Waals surface area (Å²) in [4.78, 5) is 44.0. The number of rotatable bonds is 9. The van der Waals surface area contributed by atoms with E-state index in [-0.39, 0.29) is 37.5 Å². The van der Waals surface area contributed by atoms with Gasteiger partial charge in [-0.05, 0) is 32.3 Å². The number of carbonyl (C=O) groups excluding carboxylic acids is 3. The number of amides is 2. The molecule has 178 valence electrons. The smallest absolute Gasteiger partial charge is 0.311 e. The average molecular weight is 473 g/mol. The van der Waals surface area contributed by atoms with Crippen LogP contribution >= 0.6 is 11.8 Å². The zero-order valence-electron chi connectivity index (χ0n) is 19.2. The van der Waals surface area contributed by atoms with Crippen LogP contribution in [0.3, 0.4) is 0 Å². The number of carbonyl (C=O) groups is 3. The summed E-state index contributed by atoms with van der Waals surface area (Å²) in [5, 5.41) is 9.73. The van der Waals surface area contributed by atoms with Crippen molar-refractivity contribution in [1.82, 2.24) is 9.80 Å². The van der Waals surface area contributed by atoms with Crippen molar-refractivity contribution in [3.05, 3.63) is 48.6 Å². The number of esters is 1. The number of aliphatic hydroxyl groups excluding tert-OH is 1. The highest BCUT2D eigenvalue weighted by atomic mass is 32.2. The summed E-state index contributed by atoms with van der Waals surface area (Å²) in [6.07, 6.45) is 3.10. The Balaban J connectivity index is 1.73. The van der Waals surface area contributed by atoms with Crippen molar-refractivity contribution in [2.45, 2.75) is 48.8 Å². The van der Waals surface area contributed by atoms with Gasteiger partial charge in [-0.3, -0.25) is 14.4 Å². The lowest BCUT2D eigenvalue weighted by atomic mass is 9.66. The predicted molar refractivity (Wildman–Crippen MR) is 126 cm³/mol. The first-order valence-electron chi connectivity index (χ1n) is 11.5. The maximum Gasteiger partial charge on any atom is 0.311 e. The van der Waals surface area contributed by atoms with Crippen LogP contribution in [0.25, 0.3) is 0 Å². The molecule has 8 heteroatoms. The first-order chi connectivity index (χ1) is 15.8. The Morgan fingerprint density at radius 2 is 2.06 bits per heavy atom. The first-order valence-corrected chi connectivity index (χ1v) is 12.4. The Labute approximate surface area is 199 Å². The number of fused-ring (bicyclic) bond motifs is 1. The van der Waals surface area contributed by atoms with Crippen LogP contribution in [-0.2, 0) is 25.7 Å². The van der Waals surface area contributed by atoms with Gasteiger partial charge < -0.3 is 19.6 Å². The number of thioether (sulfide) groups is 1. The summed E-state index contributed by atoms with van der Waals surface area (Å²) >= 11 is 1.61. The third kappa shape index (κ3) is 3.77. The molecule has 2 unspecified atom stereocenters. The minimum atomic E-state index is -0.739. The third-order valence-electron chi connectivity index (χ3n) is 7.27. The van der Waals surface area contributed by atoms with Gasteiger partial charge in [-0.1, -0.05) is 36.4 Å². The topological polar surface area (TPSA) is 87.2 Å². The molecule has 3 saturated heterocycles. The predicted octanol–water partition coefficient (Wildman–Crippen LogP) is 2.24. The Kier molecular flexibility index (Phi) is 6.60. The van der Waals surface area contributed by atoms with Crippen molar-refractivity contribution in [1.29, 1.82) is 0 Å². The monoisotopic (exact) mass is 472 g/mol. The van der Waals surface area contributed by atoms with Crippen LogP contribution in [0, 0.1) is 11.8 Å². The molecule has 33 heavy (non-hydrogen) atoms. The van der Waals surface area contributed by atoms with Crippen LogP contribution < -0.4 is 0 Å². The van der Waals surface area contributed by atoms with Gasteiger partial charge in [0, 0.05) is 24.4 Å². The largest absolute Gasteiger partial charge is 0.466 e. The Morgan fingerprint density at radius 3 is 2.70 bits per heavy atom. The molecule has 1 spiro atoms. The van der Waals surface area contributed by atoms with Gasteiger partial charge in [-0.15, -0.1) is 18.3 Å². The van der Waals surface area contributed by atoms with Gasteiger partial charge in [-0.25, -0.2) is 0 Å². The molecule has 5 atom stereocenters. The Hall–Kier alpha value is -2.32. The number of hydrogen-bond donors (Lipinski definition) is 1. The fourth-order valence-corrected chi connectivity index (χ4v) is 8.35. The molecule has 3 aliphatic rings. The molecular weight excluding hydrogens is 440 g/mol. The van der Waals surface area contributed by atoms with E-state index in [1.165, 1.54) is 4.90 Å². The summed E-state index contributed by atoms with van der Waals surface area (Å²) in [7, 11) is 0. The molecule has 4 rings (SSSR count). The summed E-state index contributed by atoms with van der Waals surface area (Å²) in [5.74, 6) is -1.97. The van der Waals surface area contributed by atoms with E-state index < -0.39 is 27.4 Å². The van der Waals surface area contributed by atoms with E-state index in [1.54, 1.807) is 29.7 Å². The second-order valence-electron chi connectivity index (χ2n) is 9.23. The van der Waals surface area contributed by atoms with E-state index in [4.69, 9.17) is 4.74 Å². The second-order valence-corrected chi connectivity index (χ2v) is 11.1. The number of hydrogen-bond acceptors (Lipinski definition) is 6. The second kappa shape index (κ2) is 9.14. The Morgan fingerprint density at radius 1 is 1.33 bits per heavy atom. The molecule has 0 aromatic heterocycles. The Bertz CT molecular complexity index is 940. The lowest BCUT2D eigenvalue weighted by molar-refractivity contribution is -0.155. The fourth-order valence-electron chi connectivity index (χ4n) is 6.01. The molecule has 7 nitrogen and oxygen atoms in total. The molecule has 0 radical (unpaired) electrons. The highest BCUT2D eigenvalue weighted by molar-refractivity contribution is 8.02. The molecule has 1 aromatic rings. The van der Waals surface area contributed by atoms with Crippen LogP contribution in [-0.4, -0.2) is 74.5 Å². The molecule has 1 aromatic carbocycles. The third-order valence-corrected chi connectivity index (χ3v) is 9.26.